The number of likely N-dealkylation sites (tertiary alicyclic amines) is 1. The monoisotopic (exact) mass is 464 g/mol. The van der Waals surface area contributed by atoms with Gasteiger partial charge >= 0.3 is 0 Å². The summed E-state index contributed by atoms with van der Waals surface area (Å²) in [7, 11) is 1.77. The maximum Gasteiger partial charge on any atom is 0.229 e. The second-order valence-electron chi connectivity index (χ2n) is 7.21. The first-order chi connectivity index (χ1) is 13.5. The minimum atomic E-state index is -0.190. The van der Waals surface area contributed by atoms with Gasteiger partial charge in [-0.2, -0.15) is 0 Å². The third-order valence-electron chi connectivity index (χ3n) is 5.01. The van der Waals surface area contributed by atoms with Crippen LogP contribution in [0.4, 0.5) is 5.69 Å². The van der Waals surface area contributed by atoms with E-state index in [1.54, 1.807) is 11.7 Å². The molecule has 1 N–H and O–H groups in total. The molecule has 1 saturated carbocycles. The third kappa shape index (κ3) is 4.38. The summed E-state index contributed by atoms with van der Waals surface area (Å²) in [6.45, 7) is 1.26. The van der Waals surface area contributed by atoms with Crippen molar-refractivity contribution in [2.75, 3.05) is 18.4 Å². The van der Waals surface area contributed by atoms with Crippen molar-refractivity contribution in [3.05, 3.63) is 22.7 Å². The lowest BCUT2D eigenvalue weighted by atomic mass is 9.96. The Bertz CT molecular complexity index is 900. The van der Waals surface area contributed by atoms with Gasteiger partial charge in [-0.05, 0) is 66.1 Å². The molecule has 4 rings (SSSR count). The lowest BCUT2D eigenvalue weighted by Gasteiger charge is -2.32. The fourth-order valence-electron chi connectivity index (χ4n) is 3.31. The van der Waals surface area contributed by atoms with Gasteiger partial charge in [0.25, 0.3) is 0 Å². The van der Waals surface area contributed by atoms with Gasteiger partial charge in [-0.1, -0.05) is 15.9 Å². The lowest BCUT2D eigenvalue weighted by Crippen LogP contribution is -2.44. The largest absolute Gasteiger partial charge is 0.342 e. The number of amides is 2. The molecule has 2 aliphatic rings. The van der Waals surface area contributed by atoms with Gasteiger partial charge in [-0.25, -0.2) is 4.68 Å². The molecule has 2 aromatic rings. The summed E-state index contributed by atoms with van der Waals surface area (Å²) in [5, 5.41) is 15.2. The standard InChI is InChI=1S/C18H21BrN6O2S/c1-24-18(21-22-23-24)28-15-7-6-13(19)9-14(15)20-16(26)12-3-2-8-25(10-12)17(27)11-4-5-11/h6-7,9,11-12H,2-5,8,10H2,1H3,(H,20,26). The second-order valence-corrected chi connectivity index (χ2v) is 9.14. The summed E-state index contributed by atoms with van der Waals surface area (Å²) in [6.07, 6.45) is 3.63. The fourth-order valence-corrected chi connectivity index (χ4v) is 4.47. The molecule has 0 radical (unpaired) electrons. The van der Waals surface area contributed by atoms with E-state index in [1.807, 2.05) is 23.1 Å². The number of nitrogens with one attached hydrogen (secondary N) is 1. The van der Waals surface area contributed by atoms with Crippen LogP contribution in [0.25, 0.3) is 0 Å². The van der Waals surface area contributed by atoms with Crippen molar-refractivity contribution < 1.29 is 9.59 Å². The zero-order chi connectivity index (χ0) is 19.7. The van der Waals surface area contributed by atoms with Crippen LogP contribution in [0.5, 0.6) is 0 Å². The van der Waals surface area contributed by atoms with Gasteiger partial charge in [0, 0.05) is 35.4 Å². The van der Waals surface area contributed by atoms with Crippen molar-refractivity contribution in [3.8, 4) is 0 Å². The number of aromatic nitrogens is 4. The van der Waals surface area contributed by atoms with Crippen LogP contribution < -0.4 is 5.32 Å². The number of aryl methyl sites for hydroxylation is 1. The Morgan fingerprint density at radius 2 is 2.07 bits per heavy atom. The molecule has 1 aliphatic heterocycles. The molecule has 1 saturated heterocycles. The Kier molecular flexibility index (Phi) is 5.68. The topological polar surface area (TPSA) is 93.0 Å². The fraction of sp³-hybridized carbons (Fsp3) is 0.500. The zero-order valence-electron chi connectivity index (χ0n) is 15.5. The summed E-state index contributed by atoms with van der Waals surface area (Å²) < 4.78 is 2.46. The summed E-state index contributed by atoms with van der Waals surface area (Å²) in [6, 6.07) is 5.71. The van der Waals surface area contributed by atoms with Crippen LogP contribution in [0.1, 0.15) is 25.7 Å². The average molecular weight is 465 g/mol. The number of carbonyl (C=O) groups is 2. The number of anilines is 1. The predicted molar refractivity (Wildman–Crippen MR) is 108 cm³/mol. The first-order valence-electron chi connectivity index (χ1n) is 9.30. The zero-order valence-corrected chi connectivity index (χ0v) is 17.9. The molecule has 2 amide bonds. The Balaban J connectivity index is 1.47. The van der Waals surface area contributed by atoms with Crippen LogP contribution in [-0.4, -0.2) is 50.0 Å². The number of tetrazole rings is 1. The van der Waals surface area contributed by atoms with Crippen molar-refractivity contribution in [2.24, 2.45) is 18.9 Å². The summed E-state index contributed by atoms with van der Waals surface area (Å²) in [5.41, 5.74) is 0.706. The molecule has 2 fully saturated rings. The maximum absolute atomic E-state index is 12.9. The highest BCUT2D eigenvalue weighted by Gasteiger charge is 2.36. The van der Waals surface area contributed by atoms with Crippen LogP contribution in [-0.2, 0) is 16.6 Å². The van der Waals surface area contributed by atoms with Crippen molar-refractivity contribution in [1.29, 1.82) is 0 Å². The van der Waals surface area contributed by atoms with Crippen molar-refractivity contribution in [2.45, 2.75) is 35.7 Å². The van der Waals surface area contributed by atoms with Gasteiger partial charge in [-0.15, -0.1) is 5.10 Å². The Hall–Kier alpha value is -1.94. The quantitative estimate of drug-likeness (QED) is 0.730. The number of hydrogen-bond donors (Lipinski definition) is 1. The summed E-state index contributed by atoms with van der Waals surface area (Å²) in [4.78, 5) is 28.0. The number of rotatable bonds is 5. The molecule has 2 heterocycles. The van der Waals surface area contributed by atoms with E-state index < -0.39 is 0 Å². The number of benzene rings is 1. The SMILES string of the molecule is Cn1nnnc1Sc1ccc(Br)cc1NC(=O)C1CCCN(C(=O)C2CC2)C1. The Morgan fingerprint density at radius 3 is 2.79 bits per heavy atom. The van der Waals surface area contributed by atoms with Gasteiger partial charge < -0.3 is 10.2 Å². The normalized spacial score (nSPS) is 19.5. The molecule has 1 unspecified atom stereocenters. The number of nitrogens with zero attached hydrogens (tertiary/aromatic N) is 5. The van der Waals surface area contributed by atoms with Crippen molar-refractivity contribution >= 4 is 45.2 Å². The average Bonchev–Trinajstić information content (AvgIpc) is 3.46. The number of piperidine rings is 1. The molecule has 10 heteroatoms. The van der Waals surface area contributed by atoms with Gasteiger partial charge in [0.05, 0.1) is 11.6 Å². The van der Waals surface area contributed by atoms with Crippen LogP contribution in [0.2, 0.25) is 0 Å². The number of carbonyl (C=O) groups excluding carboxylic acids is 2. The van der Waals surface area contributed by atoms with E-state index in [2.05, 4.69) is 36.8 Å². The first-order valence-corrected chi connectivity index (χ1v) is 10.9. The highest BCUT2D eigenvalue weighted by atomic mass is 79.9. The molecule has 0 bridgehead atoms. The van der Waals surface area contributed by atoms with E-state index in [0.717, 1.165) is 41.6 Å². The minimum Gasteiger partial charge on any atom is -0.342 e. The number of hydrogen-bond acceptors (Lipinski definition) is 6. The van der Waals surface area contributed by atoms with Gasteiger partial charge in [0.1, 0.15) is 0 Å². The van der Waals surface area contributed by atoms with E-state index in [0.29, 0.717) is 17.4 Å². The molecule has 1 atom stereocenters. The van der Waals surface area contributed by atoms with Crippen LogP contribution in [0, 0.1) is 11.8 Å². The van der Waals surface area contributed by atoms with Crippen molar-refractivity contribution in [3.63, 3.8) is 0 Å². The lowest BCUT2D eigenvalue weighted by molar-refractivity contribution is -0.135. The van der Waals surface area contributed by atoms with Crippen LogP contribution in [0.3, 0.4) is 0 Å². The maximum atomic E-state index is 12.9. The smallest absolute Gasteiger partial charge is 0.229 e. The number of halogens is 1. The van der Waals surface area contributed by atoms with Crippen molar-refractivity contribution in [1.82, 2.24) is 25.1 Å². The highest BCUT2D eigenvalue weighted by molar-refractivity contribution is 9.10. The third-order valence-corrected chi connectivity index (χ3v) is 6.61. The van der Waals surface area contributed by atoms with E-state index >= 15 is 0 Å². The van der Waals surface area contributed by atoms with Gasteiger partial charge in [-0.3, -0.25) is 9.59 Å². The van der Waals surface area contributed by atoms with Gasteiger partial charge in [0.15, 0.2) is 0 Å². The molecular weight excluding hydrogens is 444 g/mol. The molecule has 28 heavy (non-hydrogen) atoms. The molecular formula is C18H21BrN6O2S. The molecule has 1 aliphatic carbocycles. The molecule has 0 spiro atoms. The molecule has 148 valence electrons. The first kappa shape index (κ1) is 19.4. The van der Waals surface area contributed by atoms with E-state index in [4.69, 9.17) is 0 Å². The van der Waals surface area contributed by atoms with Gasteiger partial charge in [0.2, 0.25) is 17.0 Å². The molecule has 1 aromatic carbocycles. The van der Waals surface area contributed by atoms with E-state index in [1.165, 1.54) is 11.8 Å². The summed E-state index contributed by atoms with van der Waals surface area (Å²) in [5.74, 6) is 0.162. The second kappa shape index (κ2) is 8.20. The summed E-state index contributed by atoms with van der Waals surface area (Å²) >= 11 is 4.86. The highest BCUT2D eigenvalue weighted by Crippen LogP contribution is 2.35. The Labute approximate surface area is 175 Å². The van der Waals surface area contributed by atoms with Crippen LogP contribution in [0.15, 0.2) is 32.7 Å². The van der Waals surface area contributed by atoms with Crippen LogP contribution >= 0.6 is 27.7 Å². The van der Waals surface area contributed by atoms with E-state index in [-0.39, 0.29) is 23.7 Å². The molecule has 1 aromatic heterocycles. The molecule has 8 nitrogen and oxygen atoms in total. The minimum absolute atomic E-state index is 0.0515. The van der Waals surface area contributed by atoms with E-state index in [9.17, 15) is 9.59 Å². The predicted octanol–water partition coefficient (Wildman–Crippen LogP) is 2.71. The Morgan fingerprint density at radius 1 is 1.25 bits per heavy atom.